The van der Waals surface area contributed by atoms with E-state index >= 15 is 0 Å². The summed E-state index contributed by atoms with van der Waals surface area (Å²) in [6, 6.07) is 10.4. The number of ether oxygens (including phenoxy) is 1. The number of hydrogen-bond donors (Lipinski definition) is 1. The third kappa shape index (κ3) is 4.21. The summed E-state index contributed by atoms with van der Waals surface area (Å²) in [6.45, 7) is 2.96. The zero-order chi connectivity index (χ0) is 22.1. The highest BCUT2D eigenvalue weighted by molar-refractivity contribution is 9.10. The van der Waals surface area contributed by atoms with E-state index in [1.165, 1.54) is 38.3 Å². The second-order valence-electron chi connectivity index (χ2n) is 6.77. The van der Waals surface area contributed by atoms with Crippen LogP contribution < -0.4 is 15.1 Å². The normalized spacial score (nSPS) is 16.5. The first-order valence-electron chi connectivity index (χ1n) is 9.19. The largest absolute Gasteiger partial charge is 0.496 e. The number of rotatable bonds is 6. The van der Waals surface area contributed by atoms with Gasteiger partial charge in [-0.3, -0.25) is 9.59 Å². The lowest BCUT2D eigenvalue weighted by Crippen LogP contribution is -2.36. The van der Waals surface area contributed by atoms with Crippen LogP contribution in [0.2, 0.25) is 0 Å². The molecule has 1 N–H and O–H groups in total. The summed E-state index contributed by atoms with van der Waals surface area (Å²) in [5.74, 6) is -4.73. The summed E-state index contributed by atoms with van der Waals surface area (Å²) in [5.41, 5.74) is 0.763. The molecule has 0 bridgehead atoms. The van der Waals surface area contributed by atoms with Crippen LogP contribution in [-0.2, 0) is 15.5 Å². The van der Waals surface area contributed by atoms with Crippen molar-refractivity contribution in [3.8, 4) is 5.75 Å². The van der Waals surface area contributed by atoms with Crippen LogP contribution in [0.3, 0.4) is 0 Å². The summed E-state index contributed by atoms with van der Waals surface area (Å²) in [4.78, 5) is 25.6. The smallest absolute Gasteiger partial charge is 0.273 e. The fraction of sp³-hybridized carbons (Fsp3) is 0.286. The standard InChI is InChI=1S/C21H20BrF2N3O3/c1-4-21(23,24)13-6-5-7-14(10-13)25-19(28)18-12(2)26-27(20(18)29)15-8-9-17(30-3)16(22)11-15/h5-11,18H,4H2,1-3H3,(H,25,28). The van der Waals surface area contributed by atoms with Gasteiger partial charge in [-0.05, 0) is 53.2 Å². The Kier molecular flexibility index (Phi) is 6.21. The quantitative estimate of drug-likeness (QED) is 0.596. The molecule has 1 aliphatic heterocycles. The van der Waals surface area contributed by atoms with Crippen molar-refractivity contribution < 1.29 is 23.1 Å². The predicted molar refractivity (Wildman–Crippen MR) is 114 cm³/mol. The molecule has 1 aliphatic rings. The van der Waals surface area contributed by atoms with Gasteiger partial charge in [-0.25, -0.2) is 8.78 Å². The van der Waals surface area contributed by atoms with Gasteiger partial charge in [0.05, 0.1) is 23.0 Å². The number of amides is 2. The molecule has 0 spiro atoms. The molecule has 0 aromatic heterocycles. The lowest BCUT2D eigenvalue weighted by Gasteiger charge is -2.17. The molecular weight excluding hydrogens is 460 g/mol. The second kappa shape index (κ2) is 8.51. The molecule has 2 aromatic carbocycles. The monoisotopic (exact) mass is 479 g/mol. The van der Waals surface area contributed by atoms with Crippen LogP contribution in [0.1, 0.15) is 25.8 Å². The number of hydrazone groups is 1. The highest BCUT2D eigenvalue weighted by atomic mass is 79.9. The Labute approximate surface area is 181 Å². The van der Waals surface area contributed by atoms with E-state index in [4.69, 9.17) is 4.74 Å². The van der Waals surface area contributed by atoms with Crippen LogP contribution in [0.25, 0.3) is 0 Å². The van der Waals surface area contributed by atoms with Crippen molar-refractivity contribution in [3.05, 3.63) is 52.5 Å². The Bertz CT molecular complexity index is 1030. The van der Waals surface area contributed by atoms with E-state index in [0.717, 1.165) is 5.01 Å². The number of nitrogens with zero attached hydrogens (tertiary/aromatic N) is 2. The third-order valence-electron chi connectivity index (χ3n) is 4.77. The SMILES string of the molecule is CCC(F)(F)c1cccc(NC(=O)C2C(=O)N(c3ccc(OC)c(Br)c3)N=C2C)c1. The maximum atomic E-state index is 13.9. The Hall–Kier alpha value is -2.81. The van der Waals surface area contributed by atoms with Crippen LogP contribution in [-0.4, -0.2) is 24.6 Å². The lowest BCUT2D eigenvalue weighted by atomic mass is 10.0. The molecule has 0 aliphatic carbocycles. The van der Waals surface area contributed by atoms with Crippen molar-refractivity contribution in [2.45, 2.75) is 26.2 Å². The van der Waals surface area contributed by atoms with Crippen LogP contribution in [0.15, 0.2) is 52.0 Å². The van der Waals surface area contributed by atoms with Crippen molar-refractivity contribution in [3.63, 3.8) is 0 Å². The number of alkyl halides is 2. The van der Waals surface area contributed by atoms with Crippen LogP contribution >= 0.6 is 15.9 Å². The first-order chi connectivity index (χ1) is 14.2. The summed E-state index contributed by atoms with van der Waals surface area (Å²) < 4.78 is 33.7. The minimum Gasteiger partial charge on any atom is -0.496 e. The molecule has 0 saturated heterocycles. The van der Waals surface area contributed by atoms with E-state index in [-0.39, 0.29) is 17.7 Å². The van der Waals surface area contributed by atoms with Gasteiger partial charge < -0.3 is 10.1 Å². The van der Waals surface area contributed by atoms with Gasteiger partial charge in [0.2, 0.25) is 5.91 Å². The molecule has 6 nitrogen and oxygen atoms in total. The molecular formula is C21H20BrF2N3O3. The fourth-order valence-corrected chi connectivity index (χ4v) is 3.61. The third-order valence-corrected chi connectivity index (χ3v) is 5.39. The van der Waals surface area contributed by atoms with Crippen LogP contribution in [0.5, 0.6) is 5.75 Å². The van der Waals surface area contributed by atoms with Crippen molar-refractivity contribution in [1.82, 2.24) is 0 Å². The Morgan fingerprint density at radius 3 is 2.67 bits per heavy atom. The van der Waals surface area contributed by atoms with Crippen LogP contribution in [0, 0.1) is 5.92 Å². The lowest BCUT2D eigenvalue weighted by molar-refractivity contribution is -0.127. The highest BCUT2D eigenvalue weighted by Gasteiger charge is 2.40. The topological polar surface area (TPSA) is 71.0 Å². The number of nitrogens with one attached hydrogen (secondary N) is 1. The summed E-state index contributed by atoms with van der Waals surface area (Å²) in [5, 5.41) is 7.91. The molecule has 0 fully saturated rings. The van der Waals surface area contributed by atoms with Gasteiger partial charge in [0.15, 0.2) is 5.92 Å². The first kappa shape index (κ1) is 21.9. The van der Waals surface area contributed by atoms with E-state index < -0.39 is 23.7 Å². The number of anilines is 2. The van der Waals surface area contributed by atoms with Gasteiger partial charge in [0.1, 0.15) is 5.75 Å². The number of benzene rings is 2. The van der Waals surface area contributed by atoms with E-state index in [1.54, 1.807) is 25.1 Å². The van der Waals surface area contributed by atoms with Gasteiger partial charge in [-0.2, -0.15) is 10.1 Å². The number of carbonyl (C=O) groups is 2. The molecule has 2 aromatic rings. The van der Waals surface area contributed by atoms with Gasteiger partial charge in [0, 0.05) is 17.7 Å². The average molecular weight is 480 g/mol. The van der Waals surface area contributed by atoms with Gasteiger partial charge in [0.25, 0.3) is 11.8 Å². The molecule has 30 heavy (non-hydrogen) atoms. The average Bonchev–Trinajstić information content (AvgIpc) is 3.02. The van der Waals surface area contributed by atoms with E-state index in [2.05, 4.69) is 26.3 Å². The number of carbonyl (C=O) groups excluding carboxylic acids is 2. The maximum absolute atomic E-state index is 13.9. The van der Waals surface area contributed by atoms with Crippen molar-refractivity contribution in [2.24, 2.45) is 11.0 Å². The molecule has 1 unspecified atom stereocenters. The fourth-order valence-electron chi connectivity index (χ4n) is 3.08. The minimum atomic E-state index is -3.00. The summed E-state index contributed by atoms with van der Waals surface area (Å²) in [6.07, 6.45) is -0.357. The maximum Gasteiger partial charge on any atom is 0.273 e. The van der Waals surface area contributed by atoms with Crippen molar-refractivity contribution in [1.29, 1.82) is 0 Å². The molecule has 1 heterocycles. The Morgan fingerprint density at radius 1 is 1.30 bits per heavy atom. The van der Waals surface area contributed by atoms with Gasteiger partial charge in [-0.15, -0.1) is 0 Å². The molecule has 1 atom stereocenters. The molecule has 0 saturated carbocycles. The van der Waals surface area contributed by atoms with E-state index in [9.17, 15) is 18.4 Å². The highest BCUT2D eigenvalue weighted by Crippen LogP contribution is 2.34. The molecule has 2 amide bonds. The van der Waals surface area contributed by atoms with Crippen molar-refractivity contribution >= 4 is 44.8 Å². The van der Waals surface area contributed by atoms with Crippen molar-refractivity contribution in [2.75, 3.05) is 17.4 Å². The summed E-state index contributed by atoms with van der Waals surface area (Å²) in [7, 11) is 1.52. The Morgan fingerprint density at radius 2 is 2.03 bits per heavy atom. The number of hydrogen-bond acceptors (Lipinski definition) is 4. The number of halogens is 3. The van der Waals surface area contributed by atoms with Gasteiger partial charge >= 0.3 is 0 Å². The minimum absolute atomic E-state index is 0.192. The van der Waals surface area contributed by atoms with E-state index in [0.29, 0.717) is 21.6 Å². The zero-order valence-electron chi connectivity index (χ0n) is 16.6. The Balaban J connectivity index is 1.80. The van der Waals surface area contributed by atoms with Crippen LogP contribution in [0.4, 0.5) is 20.2 Å². The predicted octanol–water partition coefficient (Wildman–Crippen LogP) is 4.94. The van der Waals surface area contributed by atoms with Gasteiger partial charge in [-0.1, -0.05) is 19.1 Å². The molecule has 158 valence electrons. The zero-order valence-corrected chi connectivity index (χ0v) is 18.2. The second-order valence-corrected chi connectivity index (χ2v) is 7.63. The molecule has 3 rings (SSSR count). The summed E-state index contributed by atoms with van der Waals surface area (Å²) >= 11 is 3.35. The number of methoxy groups -OCH3 is 1. The molecule has 0 radical (unpaired) electrons. The molecule has 9 heteroatoms. The van der Waals surface area contributed by atoms with E-state index in [1.807, 2.05) is 0 Å². The first-order valence-corrected chi connectivity index (χ1v) is 9.99.